The van der Waals surface area contributed by atoms with Crippen LogP contribution in [-0.4, -0.2) is 30.7 Å². The molecule has 1 aliphatic heterocycles. The molecule has 0 spiro atoms. The highest BCUT2D eigenvalue weighted by Gasteiger charge is 2.26. The summed E-state index contributed by atoms with van der Waals surface area (Å²) in [4.78, 5) is 12.3. The van der Waals surface area contributed by atoms with E-state index < -0.39 is 0 Å². The molecule has 0 radical (unpaired) electrons. The molecule has 40 heavy (non-hydrogen) atoms. The third-order valence-corrected chi connectivity index (χ3v) is 7.51. The molecule has 4 heteroatoms. The van der Waals surface area contributed by atoms with Crippen molar-refractivity contribution >= 4 is 28.1 Å². The van der Waals surface area contributed by atoms with Gasteiger partial charge in [0.2, 0.25) is 0 Å². The van der Waals surface area contributed by atoms with E-state index in [9.17, 15) is 0 Å². The Morgan fingerprint density at radius 2 is 1.32 bits per heavy atom. The van der Waals surface area contributed by atoms with Gasteiger partial charge in [0.1, 0.15) is 12.0 Å². The third kappa shape index (κ3) is 4.69. The van der Waals surface area contributed by atoms with Crippen molar-refractivity contribution in [3.8, 4) is 11.1 Å². The number of rotatable bonds is 6. The van der Waals surface area contributed by atoms with Crippen molar-refractivity contribution in [2.75, 3.05) is 14.1 Å². The average molecular weight is 521 g/mol. The molecule has 1 unspecified atom stereocenters. The van der Waals surface area contributed by atoms with Gasteiger partial charge in [-0.15, -0.1) is 0 Å². The molecule has 1 N–H and O–H groups in total. The monoisotopic (exact) mass is 520 g/mol. The van der Waals surface area contributed by atoms with Gasteiger partial charge >= 0.3 is 0 Å². The lowest BCUT2D eigenvalue weighted by atomic mass is 9.93. The molecule has 0 amide bonds. The second-order valence-electron chi connectivity index (χ2n) is 9.89. The fourth-order valence-corrected chi connectivity index (χ4v) is 5.46. The van der Waals surface area contributed by atoms with Crippen LogP contribution in [0.25, 0.3) is 27.6 Å². The maximum Gasteiger partial charge on any atom is 0.159 e. The number of fused-ring (bicyclic) bond motifs is 1. The Hall–Kier alpha value is -4.96. The summed E-state index contributed by atoms with van der Waals surface area (Å²) in [6, 6.07) is 42.4. The topological polar surface area (TPSA) is 40.0 Å². The smallest absolute Gasteiger partial charge is 0.159 e. The lowest BCUT2D eigenvalue weighted by molar-refractivity contribution is 0.383. The van der Waals surface area contributed by atoms with Crippen molar-refractivity contribution in [2.24, 2.45) is 9.98 Å². The molecule has 0 saturated heterocycles. The zero-order valence-corrected chi connectivity index (χ0v) is 23.0. The van der Waals surface area contributed by atoms with Crippen LogP contribution in [0, 0.1) is 0 Å². The first kappa shape index (κ1) is 25.3. The van der Waals surface area contributed by atoms with Crippen LogP contribution in [0.2, 0.25) is 0 Å². The Labute approximate surface area is 236 Å². The first-order valence-corrected chi connectivity index (χ1v) is 13.6. The maximum absolute atomic E-state index is 5.12. The van der Waals surface area contributed by atoms with Gasteiger partial charge < -0.3 is 10.2 Å². The average Bonchev–Trinajstić information content (AvgIpc) is 3.03. The summed E-state index contributed by atoms with van der Waals surface area (Å²) in [6.07, 6.45) is 1.93. The van der Waals surface area contributed by atoms with E-state index in [4.69, 9.17) is 9.98 Å². The number of allylic oxidation sites excluding steroid dienone is 1. The third-order valence-electron chi connectivity index (χ3n) is 7.51. The van der Waals surface area contributed by atoms with Crippen LogP contribution < -0.4 is 5.32 Å². The molecule has 0 fully saturated rings. The van der Waals surface area contributed by atoms with Gasteiger partial charge in [0.25, 0.3) is 0 Å². The van der Waals surface area contributed by atoms with E-state index in [1.165, 1.54) is 27.5 Å². The van der Waals surface area contributed by atoms with Crippen molar-refractivity contribution in [3.63, 3.8) is 0 Å². The number of aliphatic imine (C=N–C) groups is 2. The molecule has 1 atom stereocenters. The minimum atomic E-state index is -0.191. The summed E-state index contributed by atoms with van der Waals surface area (Å²) in [5, 5.41) is 5.80. The van der Waals surface area contributed by atoms with Gasteiger partial charge in [-0.3, -0.25) is 0 Å². The van der Waals surface area contributed by atoms with Crippen LogP contribution in [0.1, 0.15) is 35.3 Å². The van der Waals surface area contributed by atoms with Crippen molar-refractivity contribution in [1.29, 1.82) is 0 Å². The minimum absolute atomic E-state index is 0.191. The second kappa shape index (κ2) is 11.0. The molecule has 4 nitrogen and oxygen atoms in total. The van der Waals surface area contributed by atoms with Gasteiger partial charge in [0.05, 0.1) is 0 Å². The molecule has 0 saturated carbocycles. The first-order chi connectivity index (χ1) is 19.7. The van der Waals surface area contributed by atoms with Crippen LogP contribution in [0.5, 0.6) is 0 Å². The zero-order chi connectivity index (χ0) is 27.5. The summed E-state index contributed by atoms with van der Waals surface area (Å²) in [7, 11) is 4.04. The molecule has 5 aromatic carbocycles. The number of nitrogens with zero attached hydrogens (tertiary/aromatic N) is 3. The molecule has 0 aromatic heterocycles. The van der Waals surface area contributed by atoms with Gasteiger partial charge in [0.15, 0.2) is 5.84 Å². The Bertz CT molecular complexity index is 1730. The number of hydrogen-bond acceptors (Lipinski definition) is 4. The summed E-state index contributed by atoms with van der Waals surface area (Å²) in [5.74, 6) is 1.66. The van der Waals surface area contributed by atoms with Crippen molar-refractivity contribution in [2.45, 2.75) is 13.1 Å². The fraction of sp³-hybridized carbons (Fsp3) is 0.111. The predicted molar refractivity (Wildman–Crippen MR) is 169 cm³/mol. The summed E-state index contributed by atoms with van der Waals surface area (Å²) in [5.41, 5.74) is 7.94. The Kier molecular flexibility index (Phi) is 6.98. The van der Waals surface area contributed by atoms with Gasteiger partial charge in [-0.1, -0.05) is 127 Å². The quantitative estimate of drug-likeness (QED) is 0.247. The van der Waals surface area contributed by atoms with Crippen molar-refractivity contribution in [1.82, 2.24) is 10.2 Å². The van der Waals surface area contributed by atoms with E-state index in [-0.39, 0.29) is 6.17 Å². The molecule has 5 aromatic rings. The molecular formula is C36H32N4. The number of benzene rings is 5. The molecule has 6 rings (SSSR count). The molecule has 196 valence electrons. The lowest BCUT2D eigenvalue weighted by Crippen LogP contribution is -2.35. The maximum atomic E-state index is 5.12. The summed E-state index contributed by atoms with van der Waals surface area (Å²) < 4.78 is 0. The minimum Gasteiger partial charge on any atom is -0.388 e. The Morgan fingerprint density at radius 3 is 1.98 bits per heavy atom. The van der Waals surface area contributed by atoms with Crippen molar-refractivity contribution in [3.05, 3.63) is 150 Å². The highest BCUT2D eigenvalue weighted by molar-refractivity contribution is 6.13. The molecule has 0 bridgehead atoms. The van der Waals surface area contributed by atoms with Crippen LogP contribution in [-0.2, 0) is 0 Å². The fourth-order valence-electron chi connectivity index (χ4n) is 5.46. The van der Waals surface area contributed by atoms with Crippen LogP contribution in [0.15, 0.2) is 137 Å². The Morgan fingerprint density at radius 1 is 0.700 bits per heavy atom. The predicted octanol–water partition coefficient (Wildman–Crippen LogP) is 7.92. The van der Waals surface area contributed by atoms with E-state index in [1.807, 2.05) is 31.3 Å². The molecule has 0 aliphatic carbocycles. The van der Waals surface area contributed by atoms with E-state index >= 15 is 0 Å². The van der Waals surface area contributed by atoms with Gasteiger partial charge in [0, 0.05) is 36.5 Å². The highest BCUT2D eigenvalue weighted by Crippen LogP contribution is 2.35. The summed E-state index contributed by atoms with van der Waals surface area (Å²) >= 11 is 0. The van der Waals surface area contributed by atoms with Gasteiger partial charge in [-0.25, -0.2) is 9.98 Å². The van der Waals surface area contributed by atoms with E-state index in [2.05, 4.69) is 127 Å². The van der Waals surface area contributed by atoms with Crippen molar-refractivity contribution < 1.29 is 0 Å². The van der Waals surface area contributed by atoms with Crippen LogP contribution in [0.4, 0.5) is 0 Å². The number of nitrogens with one attached hydrogen (secondary N) is 1. The van der Waals surface area contributed by atoms with E-state index in [0.717, 1.165) is 34.1 Å². The standard InChI is InChI=1S/C36H32N4/c1-4-33(37-2)32-24-23-29(30-17-11-12-18-31(30)32)25-19-21-28(22-20-25)36-39-34(26-13-7-5-8-14-26)38-35(40(36)3)27-15-9-6-10-16-27/h4-24,36-37H,1-3H3/b33-4-. The zero-order valence-electron chi connectivity index (χ0n) is 23.0. The second-order valence-corrected chi connectivity index (χ2v) is 9.89. The van der Waals surface area contributed by atoms with Gasteiger partial charge in [-0.05, 0) is 34.4 Å². The normalized spacial score (nSPS) is 15.5. The summed E-state index contributed by atoms with van der Waals surface area (Å²) in [6.45, 7) is 2.06. The van der Waals surface area contributed by atoms with E-state index in [1.54, 1.807) is 0 Å². The molecule has 1 heterocycles. The first-order valence-electron chi connectivity index (χ1n) is 13.6. The van der Waals surface area contributed by atoms with Gasteiger partial charge in [-0.2, -0.15) is 0 Å². The molecular weight excluding hydrogens is 488 g/mol. The number of hydrogen-bond donors (Lipinski definition) is 1. The van der Waals surface area contributed by atoms with Crippen LogP contribution in [0.3, 0.4) is 0 Å². The largest absolute Gasteiger partial charge is 0.388 e. The SMILES string of the molecule is C/C=C(\NC)c1ccc(-c2ccc(C3N=C(c4ccccc4)N=C(c4ccccc4)N3C)cc2)c2ccccc12. The van der Waals surface area contributed by atoms with E-state index in [0.29, 0.717) is 0 Å². The van der Waals surface area contributed by atoms with Crippen LogP contribution >= 0.6 is 0 Å². The Balaban J connectivity index is 1.40. The number of amidine groups is 2. The highest BCUT2D eigenvalue weighted by atomic mass is 15.3. The molecule has 1 aliphatic rings. The lowest BCUT2D eigenvalue weighted by Gasteiger charge is -2.32.